The van der Waals surface area contributed by atoms with Crippen LogP contribution in [0.1, 0.15) is 6.92 Å². The Bertz CT molecular complexity index is 374. The molecular weight excluding hydrogens is 204 g/mol. The molecule has 0 aliphatic rings. The smallest absolute Gasteiger partial charge is 0.236 e. The average molecular weight is 220 g/mol. The standard InChI is InChI=1S/C12H16N2O2/c1-9(12(16)14(2)3)11(15)13-10-7-5-4-6-8-10/h4-9H,1-3H3,(H,13,15). The molecule has 1 atom stereocenters. The predicted molar refractivity (Wildman–Crippen MR) is 62.9 cm³/mol. The van der Waals surface area contributed by atoms with Crippen LogP contribution in [-0.4, -0.2) is 30.8 Å². The third kappa shape index (κ3) is 3.08. The van der Waals surface area contributed by atoms with Gasteiger partial charge >= 0.3 is 0 Å². The molecule has 0 saturated carbocycles. The van der Waals surface area contributed by atoms with Gasteiger partial charge in [-0.15, -0.1) is 0 Å². The number of amides is 2. The highest BCUT2D eigenvalue weighted by Crippen LogP contribution is 2.08. The molecule has 1 aromatic rings. The summed E-state index contributed by atoms with van der Waals surface area (Å²) in [5, 5.41) is 2.69. The first-order valence-electron chi connectivity index (χ1n) is 5.09. The predicted octanol–water partition coefficient (Wildman–Crippen LogP) is 1.35. The molecule has 0 radical (unpaired) electrons. The van der Waals surface area contributed by atoms with E-state index >= 15 is 0 Å². The number of nitrogens with one attached hydrogen (secondary N) is 1. The van der Waals surface area contributed by atoms with Gasteiger partial charge in [-0.05, 0) is 19.1 Å². The number of anilines is 1. The highest BCUT2D eigenvalue weighted by atomic mass is 16.2. The number of nitrogens with zero attached hydrogens (tertiary/aromatic N) is 1. The number of benzene rings is 1. The number of carbonyl (C=O) groups excluding carboxylic acids is 2. The fraction of sp³-hybridized carbons (Fsp3) is 0.333. The summed E-state index contributed by atoms with van der Waals surface area (Å²) in [7, 11) is 3.27. The van der Waals surface area contributed by atoms with Crippen LogP contribution in [0.5, 0.6) is 0 Å². The van der Waals surface area contributed by atoms with Crippen molar-refractivity contribution < 1.29 is 9.59 Å². The normalized spacial score (nSPS) is 11.7. The van der Waals surface area contributed by atoms with E-state index in [-0.39, 0.29) is 11.8 Å². The van der Waals surface area contributed by atoms with E-state index in [0.717, 1.165) is 0 Å². The van der Waals surface area contributed by atoms with Crippen LogP contribution in [0, 0.1) is 5.92 Å². The molecule has 4 heteroatoms. The van der Waals surface area contributed by atoms with E-state index in [1.54, 1.807) is 33.2 Å². The van der Waals surface area contributed by atoms with Gasteiger partial charge in [0.05, 0.1) is 0 Å². The summed E-state index contributed by atoms with van der Waals surface area (Å²) in [4.78, 5) is 24.7. The Morgan fingerprint density at radius 2 is 1.75 bits per heavy atom. The maximum absolute atomic E-state index is 11.7. The van der Waals surface area contributed by atoms with Crippen LogP contribution in [0.3, 0.4) is 0 Å². The molecule has 1 N–H and O–H groups in total. The van der Waals surface area contributed by atoms with Gasteiger partial charge in [0.25, 0.3) is 0 Å². The summed E-state index contributed by atoms with van der Waals surface area (Å²) in [6.45, 7) is 1.60. The molecule has 0 bridgehead atoms. The Hall–Kier alpha value is -1.84. The van der Waals surface area contributed by atoms with Crippen molar-refractivity contribution in [2.24, 2.45) is 5.92 Å². The molecule has 0 heterocycles. The Morgan fingerprint density at radius 3 is 2.25 bits per heavy atom. The molecule has 0 aliphatic heterocycles. The maximum atomic E-state index is 11.7. The lowest BCUT2D eigenvalue weighted by molar-refractivity contribution is -0.137. The lowest BCUT2D eigenvalue weighted by Gasteiger charge is -2.16. The van der Waals surface area contributed by atoms with Gasteiger partial charge in [-0.3, -0.25) is 9.59 Å². The van der Waals surface area contributed by atoms with Crippen molar-refractivity contribution in [3.8, 4) is 0 Å². The molecule has 2 amide bonds. The van der Waals surface area contributed by atoms with Crippen molar-refractivity contribution in [2.45, 2.75) is 6.92 Å². The minimum Gasteiger partial charge on any atom is -0.348 e. The van der Waals surface area contributed by atoms with Gasteiger partial charge in [0.1, 0.15) is 5.92 Å². The van der Waals surface area contributed by atoms with Gasteiger partial charge in [-0.1, -0.05) is 18.2 Å². The van der Waals surface area contributed by atoms with Gasteiger partial charge in [-0.2, -0.15) is 0 Å². The average Bonchev–Trinajstić information content (AvgIpc) is 2.28. The molecule has 0 aliphatic carbocycles. The summed E-state index contributed by atoms with van der Waals surface area (Å²) < 4.78 is 0. The lowest BCUT2D eigenvalue weighted by Crippen LogP contribution is -2.35. The van der Waals surface area contributed by atoms with Crippen LogP contribution >= 0.6 is 0 Å². The molecule has 1 rings (SSSR count). The highest BCUT2D eigenvalue weighted by Gasteiger charge is 2.22. The topological polar surface area (TPSA) is 49.4 Å². The molecular formula is C12H16N2O2. The van der Waals surface area contributed by atoms with Crippen molar-refractivity contribution in [3.05, 3.63) is 30.3 Å². The van der Waals surface area contributed by atoms with Crippen LogP contribution in [-0.2, 0) is 9.59 Å². The second-order valence-corrected chi connectivity index (χ2v) is 3.81. The van der Waals surface area contributed by atoms with Gasteiger partial charge < -0.3 is 10.2 Å². The van der Waals surface area contributed by atoms with Gasteiger partial charge in [0, 0.05) is 19.8 Å². The Balaban J connectivity index is 2.63. The fourth-order valence-electron chi connectivity index (χ4n) is 1.27. The van der Waals surface area contributed by atoms with E-state index < -0.39 is 5.92 Å². The van der Waals surface area contributed by atoms with E-state index in [0.29, 0.717) is 5.69 Å². The zero-order valence-corrected chi connectivity index (χ0v) is 9.73. The Morgan fingerprint density at radius 1 is 1.19 bits per heavy atom. The summed E-state index contributed by atoms with van der Waals surface area (Å²) in [6.07, 6.45) is 0. The van der Waals surface area contributed by atoms with E-state index in [2.05, 4.69) is 5.32 Å². The largest absolute Gasteiger partial charge is 0.348 e. The van der Waals surface area contributed by atoms with Gasteiger partial charge in [0.2, 0.25) is 11.8 Å². The Kier molecular flexibility index (Phi) is 4.05. The number of carbonyl (C=O) groups is 2. The first-order chi connectivity index (χ1) is 7.52. The molecule has 0 saturated heterocycles. The summed E-state index contributed by atoms with van der Waals surface area (Å²) in [5.74, 6) is -1.16. The zero-order chi connectivity index (χ0) is 12.1. The van der Waals surface area contributed by atoms with Crippen LogP contribution in [0.15, 0.2) is 30.3 Å². The van der Waals surface area contributed by atoms with Crippen LogP contribution < -0.4 is 5.32 Å². The van der Waals surface area contributed by atoms with Crippen molar-refractivity contribution in [2.75, 3.05) is 19.4 Å². The maximum Gasteiger partial charge on any atom is 0.236 e. The van der Waals surface area contributed by atoms with Gasteiger partial charge in [0.15, 0.2) is 0 Å². The van der Waals surface area contributed by atoms with E-state index in [1.807, 2.05) is 18.2 Å². The van der Waals surface area contributed by atoms with E-state index in [9.17, 15) is 9.59 Å². The highest BCUT2D eigenvalue weighted by molar-refractivity contribution is 6.05. The first kappa shape index (κ1) is 12.2. The van der Waals surface area contributed by atoms with E-state index in [1.165, 1.54) is 4.90 Å². The lowest BCUT2D eigenvalue weighted by atomic mass is 10.1. The summed E-state index contributed by atoms with van der Waals surface area (Å²) in [5.41, 5.74) is 0.700. The number of para-hydroxylation sites is 1. The van der Waals surface area contributed by atoms with Crippen molar-refractivity contribution in [1.29, 1.82) is 0 Å². The molecule has 0 aromatic heterocycles. The molecule has 1 unspecified atom stereocenters. The monoisotopic (exact) mass is 220 g/mol. The molecule has 0 fully saturated rings. The molecule has 86 valence electrons. The second-order valence-electron chi connectivity index (χ2n) is 3.81. The Labute approximate surface area is 95.3 Å². The summed E-state index contributed by atoms with van der Waals surface area (Å²) in [6, 6.07) is 9.08. The third-order valence-electron chi connectivity index (χ3n) is 2.25. The third-order valence-corrected chi connectivity index (χ3v) is 2.25. The minimum absolute atomic E-state index is 0.201. The van der Waals surface area contributed by atoms with Crippen LogP contribution in [0.25, 0.3) is 0 Å². The van der Waals surface area contributed by atoms with E-state index in [4.69, 9.17) is 0 Å². The van der Waals surface area contributed by atoms with Crippen molar-refractivity contribution in [3.63, 3.8) is 0 Å². The number of hydrogen-bond donors (Lipinski definition) is 1. The van der Waals surface area contributed by atoms with Gasteiger partial charge in [-0.25, -0.2) is 0 Å². The van der Waals surface area contributed by atoms with Crippen molar-refractivity contribution in [1.82, 2.24) is 4.90 Å². The first-order valence-corrected chi connectivity index (χ1v) is 5.09. The SMILES string of the molecule is CC(C(=O)Nc1ccccc1)C(=O)N(C)C. The quantitative estimate of drug-likeness (QED) is 0.782. The zero-order valence-electron chi connectivity index (χ0n) is 9.73. The molecule has 4 nitrogen and oxygen atoms in total. The summed E-state index contributed by atoms with van der Waals surface area (Å²) >= 11 is 0. The molecule has 0 spiro atoms. The minimum atomic E-state index is -0.671. The molecule has 16 heavy (non-hydrogen) atoms. The number of rotatable bonds is 3. The second kappa shape index (κ2) is 5.30. The van der Waals surface area contributed by atoms with Crippen LogP contribution in [0.2, 0.25) is 0 Å². The van der Waals surface area contributed by atoms with Crippen LogP contribution in [0.4, 0.5) is 5.69 Å². The van der Waals surface area contributed by atoms with Crippen molar-refractivity contribution >= 4 is 17.5 Å². The molecule has 1 aromatic carbocycles. The fourth-order valence-corrected chi connectivity index (χ4v) is 1.27. The number of hydrogen-bond acceptors (Lipinski definition) is 2.